The molecule has 1 aliphatic rings. The lowest BCUT2D eigenvalue weighted by atomic mass is 9.93. The molecule has 0 saturated carbocycles. The summed E-state index contributed by atoms with van der Waals surface area (Å²) in [7, 11) is 0. The van der Waals surface area contributed by atoms with Gasteiger partial charge in [-0.2, -0.15) is 5.26 Å². The van der Waals surface area contributed by atoms with Gasteiger partial charge >= 0.3 is 0 Å². The van der Waals surface area contributed by atoms with Crippen LogP contribution in [0.2, 0.25) is 0 Å². The minimum absolute atomic E-state index is 0.472. The zero-order valence-electron chi connectivity index (χ0n) is 10.1. The van der Waals surface area contributed by atoms with Gasteiger partial charge in [0.25, 0.3) is 0 Å². The number of nitrogens with zero attached hydrogens (tertiary/aromatic N) is 3. The molecule has 4 heteroatoms. The maximum Gasteiger partial charge on any atom is 0.142 e. The van der Waals surface area contributed by atoms with Crippen molar-refractivity contribution in [3.63, 3.8) is 0 Å². The first-order valence-electron chi connectivity index (χ1n) is 6.08. The monoisotopic (exact) mass is 230 g/mol. The van der Waals surface area contributed by atoms with Crippen molar-refractivity contribution in [1.29, 1.82) is 5.26 Å². The van der Waals surface area contributed by atoms with Crippen LogP contribution in [0.15, 0.2) is 18.2 Å². The molecule has 90 valence electrons. The molecule has 0 amide bonds. The van der Waals surface area contributed by atoms with E-state index >= 15 is 0 Å². The topological polar surface area (TPSA) is 65.9 Å². The van der Waals surface area contributed by atoms with Crippen LogP contribution in [0.25, 0.3) is 0 Å². The number of hydrogen-bond acceptors (Lipinski definition) is 4. The summed E-state index contributed by atoms with van der Waals surface area (Å²) in [4.78, 5) is 6.62. The highest BCUT2D eigenvalue weighted by atomic mass is 15.2. The van der Waals surface area contributed by atoms with E-state index in [1.807, 2.05) is 12.1 Å². The summed E-state index contributed by atoms with van der Waals surface area (Å²) in [5, 5.41) is 8.87. The fourth-order valence-corrected chi connectivity index (χ4v) is 2.34. The number of rotatable bonds is 2. The molecule has 2 heterocycles. The first-order chi connectivity index (χ1) is 8.24. The molecular weight excluding hydrogens is 212 g/mol. The highest BCUT2D eigenvalue weighted by Crippen LogP contribution is 2.25. The van der Waals surface area contributed by atoms with Gasteiger partial charge in [-0.1, -0.05) is 6.07 Å². The number of aromatic nitrogens is 1. The van der Waals surface area contributed by atoms with E-state index in [4.69, 9.17) is 11.0 Å². The van der Waals surface area contributed by atoms with E-state index in [-0.39, 0.29) is 0 Å². The molecule has 1 saturated heterocycles. The number of anilines is 1. The molecule has 2 N–H and O–H groups in total. The normalized spacial score (nSPS) is 24.4. The van der Waals surface area contributed by atoms with Crippen LogP contribution in [0.5, 0.6) is 0 Å². The Bertz CT molecular complexity index is 424. The molecule has 1 aromatic heterocycles. The van der Waals surface area contributed by atoms with Crippen molar-refractivity contribution in [2.75, 3.05) is 18.0 Å². The number of pyridine rings is 1. The lowest BCUT2D eigenvalue weighted by molar-refractivity contribution is 0.372. The van der Waals surface area contributed by atoms with Crippen molar-refractivity contribution < 1.29 is 0 Å². The minimum atomic E-state index is 0.472. The second-order valence-corrected chi connectivity index (χ2v) is 4.67. The van der Waals surface area contributed by atoms with Crippen LogP contribution in [0.3, 0.4) is 0 Å². The molecule has 0 radical (unpaired) electrons. The molecule has 0 bridgehead atoms. The Hall–Kier alpha value is -1.60. The SMILES string of the molecule is CC1CCC(CN)CN1c1cccc(C#N)n1. The average Bonchev–Trinajstić information content (AvgIpc) is 2.39. The van der Waals surface area contributed by atoms with Crippen molar-refractivity contribution in [3.05, 3.63) is 23.9 Å². The zero-order chi connectivity index (χ0) is 12.3. The molecule has 4 nitrogen and oxygen atoms in total. The second-order valence-electron chi connectivity index (χ2n) is 4.67. The first-order valence-corrected chi connectivity index (χ1v) is 6.08. The van der Waals surface area contributed by atoms with E-state index < -0.39 is 0 Å². The Morgan fingerprint density at radius 2 is 2.35 bits per heavy atom. The highest BCUT2D eigenvalue weighted by Gasteiger charge is 2.25. The smallest absolute Gasteiger partial charge is 0.142 e. The van der Waals surface area contributed by atoms with Gasteiger partial charge in [0.2, 0.25) is 0 Å². The lowest BCUT2D eigenvalue weighted by Gasteiger charge is -2.38. The molecule has 0 spiro atoms. The third kappa shape index (κ3) is 2.56. The Kier molecular flexibility index (Phi) is 3.60. The van der Waals surface area contributed by atoms with E-state index in [0.29, 0.717) is 17.7 Å². The Morgan fingerprint density at radius 3 is 3.06 bits per heavy atom. The Morgan fingerprint density at radius 1 is 1.53 bits per heavy atom. The molecule has 17 heavy (non-hydrogen) atoms. The lowest BCUT2D eigenvalue weighted by Crippen LogP contribution is -2.44. The molecule has 2 atom stereocenters. The minimum Gasteiger partial charge on any atom is -0.354 e. The van der Waals surface area contributed by atoms with Crippen LogP contribution in [-0.2, 0) is 0 Å². The van der Waals surface area contributed by atoms with Crippen molar-refractivity contribution in [2.24, 2.45) is 11.7 Å². The molecule has 1 fully saturated rings. The van der Waals surface area contributed by atoms with E-state index in [9.17, 15) is 0 Å². The van der Waals surface area contributed by atoms with Gasteiger partial charge in [0.15, 0.2) is 0 Å². The van der Waals surface area contributed by atoms with Crippen molar-refractivity contribution in [3.8, 4) is 6.07 Å². The fourth-order valence-electron chi connectivity index (χ4n) is 2.34. The predicted molar refractivity (Wildman–Crippen MR) is 67.5 cm³/mol. The third-order valence-electron chi connectivity index (χ3n) is 3.46. The van der Waals surface area contributed by atoms with Crippen molar-refractivity contribution in [1.82, 2.24) is 4.98 Å². The average molecular weight is 230 g/mol. The summed E-state index contributed by atoms with van der Waals surface area (Å²) in [6.45, 7) is 3.87. The number of piperidine rings is 1. The van der Waals surface area contributed by atoms with E-state index in [1.54, 1.807) is 6.07 Å². The summed E-state index contributed by atoms with van der Waals surface area (Å²) < 4.78 is 0. The largest absolute Gasteiger partial charge is 0.354 e. The molecule has 0 aromatic carbocycles. The van der Waals surface area contributed by atoms with Gasteiger partial charge in [-0.15, -0.1) is 0 Å². The van der Waals surface area contributed by atoms with Crippen LogP contribution in [0, 0.1) is 17.2 Å². The summed E-state index contributed by atoms with van der Waals surface area (Å²) in [5.74, 6) is 1.44. The second kappa shape index (κ2) is 5.15. The van der Waals surface area contributed by atoms with Gasteiger partial charge < -0.3 is 10.6 Å². The number of hydrogen-bond donors (Lipinski definition) is 1. The quantitative estimate of drug-likeness (QED) is 0.836. The highest BCUT2D eigenvalue weighted by molar-refractivity contribution is 5.43. The Balaban J connectivity index is 2.21. The van der Waals surface area contributed by atoms with Gasteiger partial charge in [0.1, 0.15) is 17.6 Å². The third-order valence-corrected chi connectivity index (χ3v) is 3.46. The number of nitrogens with two attached hydrogens (primary N) is 1. The molecule has 2 rings (SSSR count). The van der Waals surface area contributed by atoms with Gasteiger partial charge in [-0.05, 0) is 44.4 Å². The molecular formula is C13H18N4. The van der Waals surface area contributed by atoms with Gasteiger partial charge in [0.05, 0.1) is 0 Å². The summed E-state index contributed by atoms with van der Waals surface area (Å²) in [5.41, 5.74) is 6.22. The predicted octanol–water partition coefficient (Wildman–Crippen LogP) is 1.52. The van der Waals surface area contributed by atoms with E-state index in [0.717, 1.165) is 25.3 Å². The zero-order valence-corrected chi connectivity index (χ0v) is 10.1. The van der Waals surface area contributed by atoms with Gasteiger partial charge in [0, 0.05) is 12.6 Å². The number of nitriles is 1. The van der Waals surface area contributed by atoms with Crippen LogP contribution in [0.1, 0.15) is 25.5 Å². The summed E-state index contributed by atoms with van der Waals surface area (Å²) in [6.07, 6.45) is 2.33. The van der Waals surface area contributed by atoms with E-state index in [1.165, 1.54) is 6.42 Å². The van der Waals surface area contributed by atoms with Gasteiger partial charge in [-0.3, -0.25) is 0 Å². The molecule has 1 aromatic rings. The summed E-state index contributed by atoms with van der Waals surface area (Å²) in [6, 6.07) is 8.15. The van der Waals surface area contributed by atoms with E-state index in [2.05, 4.69) is 22.9 Å². The maximum atomic E-state index is 8.87. The fraction of sp³-hybridized carbons (Fsp3) is 0.538. The molecule has 1 aliphatic heterocycles. The maximum absolute atomic E-state index is 8.87. The van der Waals surface area contributed by atoms with Crippen LogP contribution in [0.4, 0.5) is 5.82 Å². The summed E-state index contributed by atoms with van der Waals surface area (Å²) >= 11 is 0. The van der Waals surface area contributed by atoms with Crippen molar-refractivity contribution in [2.45, 2.75) is 25.8 Å². The Labute approximate surface area is 102 Å². The van der Waals surface area contributed by atoms with Gasteiger partial charge in [-0.25, -0.2) is 4.98 Å². The van der Waals surface area contributed by atoms with Crippen LogP contribution >= 0.6 is 0 Å². The first kappa shape index (κ1) is 11.9. The molecule has 2 unspecified atom stereocenters. The standard InChI is InChI=1S/C13H18N4/c1-10-5-6-11(7-14)9-17(10)13-4-2-3-12(8-15)16-13/h2-4,10-11H,5-7,9,14H2,1H3. The van der Waals surface area contributed by atoms with Crippen LogP contribution in [-0.4, -0.2) is 24.1 Å². The van der Waals surface area contributed by atoms with Crippen LogP contribution < -0.4 is 10.6 Å². The molecule has 0 aliphatic carbocycles. The van der Waals surface area contributed by atoms with Crippen molar-refractivity contribution >= 4 is 5.82 Å².